The van der Waals surface area contributed by atoms with Crippen molar-refractivity contribution in [1.29, 1.82) is 0 Å². The summed E-state index contributed by atoms with van der Waals surface area (Å²) in [4.78, 5) is 4.28. The second-order valence-electron chi connectivity index (χ2n) is 3.80. The lowest BCUT2D eigenvalue weighted by molar-refractivity contribution is 0.199. The first kappa shape index (κ1) is 13.1. The predicted octanol–water partition coefficient (Wildman–Crippen LogP) is 1.32. The van der Waals surface area contributed by atoms with Gasteiger partial charge in [0, 0.05) is 20.0 Å². The summed E-state index contributed by atoms with van der Waals surface area (Å²) in [5.74, 6) is 1.47. The van der Waals surface area contributed by atoms with Crippen LogP contribution in [0.3, 0.4) is 0 Å². The van der Waals surface area contributed by atoms with Crippen LogP contribution in [0.15, 0.2) is 4.52 Å². The van der Waals surface area contributed by atoms with E-state index in [1.807, 2.05) is 0 Å². The molecule has 0 saturated heterocycles. The van der Waals surface area contributed by atoms with Gasteiger partial charge in [0.05, 0.1) is 6.61 Å². The van der Waals surface area contributed by atoms with E-state index in [1.165, 1.54) is 12.8 Å². The van der Waals surface area contributed by atoms with Crippen molar-refractivity contribution in [3.05, 3.63) is 11.7 Å². The number of aromatic nitrogens is 2. The third kappa shape index (κ3) is 5.23. The lowest BCUT2D eigenvalue weighted by atomic mass is 10.1. The molecule has 1 aromatic rings. The van der Waals surface area contributed by atoms with Crippen molar-refractivity contribution < 1.29 is 9.26 Å². The number of nitrogens with zero attached hydrogens (tertiary/aromatic N) is 2. The molecule has 0 fully saturated rings. The molecular formula is C11H21N3O2. The zero-order chi connectivity index (χ0) is 11.6. The molecule has 92 valence electrons. The van der Waals surface area contributed by atoms with E-state index in [4.69, 9.17) is 15.0 Å². The molecule has 0 atom stereocenters. The van der Waals surface area contributed by atoms with Crippen LogP contribution in [-0.2, 0) is 17.6 Å². The second-order valence-corrected chi connectivity index (χ2v) is 3.80. The van der Waals surface area contributed by atoms with E-state index in [0.717, 1.165) is 37.5 Å². The van der Waals surface area contributed by atoms with Crippen molar-refractivity contribution >= 4 is 0 Å². The monoisotopic (exact) mass is 227 g/mol. The number of hydrogen-bond donors (Lipinski definition) is 1. The van der Waals surface area contributed by atoms with Crippen LogP contribution in [0.4, 0.5) is 0 Å². The van der Waals surface area contributed by atoms with Gasteiger partial charge in [-0.1, -0.05) is 18.0 Å². The molecule has 1 aromatic heterocycles. The van der Waals surface area contributed by atoms with Gasteiger partial charge in [-0.15, -0.1) is 0 Å². The number of hydrogen-bond acceptors (Lipinski definition) is 5. The molecular weight excluding hydrogens is 206 g/mol. The van der Waals surface area contributed by atoms with Crippen molar-refractivity contribution in [2.45, 2.75) is 38.5 Å². The van der Waals surface area contributed by atoms with Gasteiger partial charge >= 0.3 is 0 Å². The van der Waals surface area contributed by atoms with Gasteiger partial charge in [0.15, 0.2) is 5.82 Å². The Bertz CT molecular complexity index is 276. The summed E-state index contributed by atoms with van der Waals surface area (Å²) >= 11 is 0. The molecule has 0 aliphatic heterocycles. The maximum absolute atomic E-state index is 5.42. The van der Waals surface area contributed by atoms with E-state index in [2.05, 4.69) is 10.1 Å². The Morgan fingerprint density at radius 3 is 2.75 bits per heavy atom. The quantitative estimate of drug-likeness (QED) is 0.644. The van der Waals surface area contributed by atoms with Crippen LogP contribution in [-0.4, -0.2) is 30.4 Å². The highest BCUT2D eigenvalue weighted by atomic mass is 16.5. The molecule has 5 nitrogen and oxygen atoms in total. The molecule has 0 aliphatic carbocycles. The topological polar surface area (TPSA) is 74.2 Å². The van der Waals surface area contributed by atoms with Crippen molar-refractivity contribution in [3.8, 4) is 0 Å². The number of rotatable bonds is 9. The maximum atomic E-state index is 5.42. The third-order valence-electron chi connectivity index (χ3n) is 2.38. The molecule has 0 amide bonds. The number of unbranched alkanes of at least 4 members (excludes halogenated alkanes) is 3. The molecule has 16 heavy (non-hydrogen) atoms. The van der Waals surface area contributed by atoms with Gasteiger partial charge in [-0.05, 0) is 19.4 Å². The maximum Gasteiger partial charge on any atom is 0.226 e. The largest absolute Gasteiger partial charge is 0.384 e. The molecule has 0 spiro atoms. The second kappa shape index (κ2) is 8.24. The molecule has 0 saturated carbocycles. The summed E-state index contributed by atoms with van der Waals surface area (Å²) in [7, 11) is 1.67. The molecule has 0 aliphatic rings. The Labute approximate surface area is 96.4 Å². The first-order valence-electron chi connectivity index (χ1n) is 5.87. The SMILES string of the molecule is COCCc1noc(CCCCCCN)n1. The summed E-state index contributed by atoms with van der Waals surface area (Å²) in [5, 5.41) is 3.88. The fourth-order valence-corrected chi connectivity index (χ4v) is 1.46. The van der Waals surface area contributed by atoms with E-state index in [9.17, 15) is 0 Å². The van der Waals surface area contributed by atoms with Crippen LogP contribution in [0, 0.1) is 0 Å². The molecule has 2 N–H and O–H groups in total. The van der Waals surface area contributed by atoms with Gasteiger partial charge in [0.25, 0.3) is 0 Å². The Kier molecular flexibility index (Phi) is 6.76. The first-order chi connectivity index (χ1) is 7.86. The third-order valence-corrected chi connectivity index (χ3v) is 2.38. The Morgan fingerprint density at radius 2 is 2.00 bits per heavy atom. The fourth-order valence-electron chi connectivity index (χ4n) is 1.46. The molecule has 0 aromatic carbocycles. The minimum Gasteiger partial charge on any atom is -0.384 e. The minimum atomic E-state index is 0.634. The van der Waals surface area contributed by atoms with Gasteiger partial charge in [0.2, 0.25) is 5.89 Å². The molecule has 5 heteroatoms. The van der Waals surface area contributed by atoms with Crippen molar-refractivity contribution in [2.75, 3.05) is 20.3 Å². The molecule has 1 heterocycles. The highest BCUT2D eigenvalue weighted by Gasteiger charge is 2.05. The Hall–Kier alpha value is -0.940. The highest BCUT2D eigenvalue weighted by molar-refractivity contribution is 4.86. The van der Waals surface area contributed by atoms with Crippen LogP contribution in [0.25, 0.3) is 0 Å². The molecule has 0 unspecified atom stereocenters. The number of nitrogens with two attached hydrogens (primary N) is 1. The van der Waals surface area contributed by atoms with Gasteiger partial charge in [0.1, 0.15) is 0 Å². The van der Waals surface area contributed by atoms with Gasteiger partial charge < -0.3 is 15.0 Å². The normalized spacial score (nSPS) is 10.9. The fraction of sp³-hybridized carbons (Fsp3) is 0.818. The standard InChI is InChI=1S/C11H21N3O2/c1-15-9-7-10-13-11(16-14-10)6-4-2-3-5-8-12/h2-9,12H2,1H3. The average Bonchev–Trinajstić information content (AvgIpc) is 2.74. The summed E-state index contributed by atoms with van der Waals surface area (Å²) in [6.07, 6.45) is 6.13. The number of ether oxygens (including phenoxy) is 1. The van der Waals surface area contributed by atoms with Crippen LogP contribution < -0.4 is 5.73 Å². The van der Waals surface area contributed by atoms with Crippen LogP contribution >= 0.6 is 0 Å². The zero-order valence-corrected chi connectivity index (χ0v) is 9.95. The number of aryl methyl sites for hydroxylation is 1. The van der Waals surface area contributed by atoms with Crippen LogP contribution in [0.5, 0.6) is 0 Å². The summed E-state index contributed by atoms with van der Waals surface area (Å²) < 4.78 is 10.1. The first-order valence-corrected chi connectivity index (χ1v) is 5.87. The highest BCUT2D eigenvalue weighted by Crippen LogP contribution is 2.06. The predicted molar refractivity (Wildman–Crippen MR) is 61.1 cm³/mol. The van der Waals surface area contributed by atoms with Crippen molar-refractivity contribution in [3.63, 3.8) is 0 Å². The number of methoxy groups -OCH3 is 1. The van der Waals surface area contributed by atoms with E-state index in [-0.39, 0.29) is 0 Å². The average molecular weight is 227 g/mol. The minimum absolute atomic E-state index is 0.634. The van der Waals surface area contributed by atoms with Crippen molar-refractivity contribution in [2.24, 2.45) is 5.73 Å². The lowest BCUT2D eigenvalue weighted by Crippen LogP contribution is -1.98. The van der Waals surface area contributed by atoms with E-state index in [1.54, 1.807) is 7.11 Å². The van der Waals surface area contributed by atoms with Crippen LogP contribution in [0.1, 0.15) is 37.4 Å². The summed E-state index contributed by atoms with van der Waals surface area (Å²) in [6.45, 7) is 1.41. The van der Waals surface area contributed by atoms with E-state index in [0.29, 0.717) is 13.0 Å². The summed E-state index contributed by atoms with van der Waals surface area (Å²) in [6, 6.07) is 0. The van der Waals surface area contributed by atoms with Gasteiger partial charge in [-0.2, -0.15) is 4.98 Å². The smallest absolute Gasteiger partial charge is 0.226 e. The van der Waals surface area contributed by atoms with Gasteiger partial charge in [-0.3, -0.25) is 0 Å². The summed E-state index contributed by atoms with van der Waals surface area (Å²) in [5.41, 5.74) is 5.42. The van der Waals surface area contributed by atoms with Crippen molar-refractivity contribution in [1.82, 2.24) is 10.1 Å². The molecule has 0 radical (unpaired) electrons. The van der Waals surface area contributed by atoms with E-state index >= 15 is 0 Å². The lowest BCUT2D eigenvalue weighted by Gasteiger charge is -1.96. The molecule has 1 rings (SSSR count). The molecule has 0 bridgehead atoms. The zero-order valence-electron chi connectivity index (χ0n) is 9.95. The van der Waals surface area contributed by atoms with E-state index < -0.39 is 0 Å². The Balaban J connectivity index is 2.14. The van der Waals surface area contributed by atoms with Crippen LogP contribution in [0.2, 0.25) is 0 Å². The Morgan fingerprint density at radius 1 is 1.19 bits per heavy atom. The van der Waals surface area contributed by atoms with Gasteiger partial charge in [-0.25, -0.2) is 0 Å².